The molecule has 1 unspecified atom stereocenters. The minimum absolute atomic E-state index is 0.154. The van der Waals surface area contributed by atoms with Crippen molar-refractivity contribution in [1.29, 1.82) is 0 Å². The maximum atomic E-state index is 14.0. The normalized spacial score (nSPS) is 15.1. The number of carbonyl (C=O) groups excluding carboxylic acids is 2. The fourth-order valence-corrected chi connectivity index (χ4v) is 3.66. The summed E-state index contributed by atoms with van der Waals surface area (Å²) in [7, 11) is 0. The molecule has 0 saturated heterocycles. The number of carbonyl (C=O) groups is 2. The fourth-order valence-electron chi connectivity index (χ4n) is 3.66. The van der Waals surface area contributed by atoms with Gasteiger partial charge < -0.3 is 15.8 Å². The van der Waals surface area contributed by atoms with Crippen LogP contribution in [0.15, 0.2) is 60.7 Å². The molecule has 3 aromatic rings. The third-order valence-corrected chi connectivity index (χ3v) is 5.06. The zero-order chi connectivity index (χ0) is 21.3. The van der Waals surface area contributed by atoms with Crippen LogP contribution in [0.3, 0.4) is 0 Å². The van der Waals surface area contributed by atoms with Crippen LogP contribution in [-0.2, 0) is 0 Å². The minimum Gasteiger partial charge on any atom is -0.493 e. The molecule has 1 aliphatic heterocycles. The summed E-state index contributed by atoms with van der Waals surface area (Å²) < 4.78 is 33.2. The average Bonchev–Trinajstić information content (AvgIpc) is 2.73. The molecule has 0 radical (unpaired) electrons. The SMILES string of the molecule is NC(=O)c1cccc(NC(=O)c2cc(F)ccc2C2CCOc3cc(F)ccc32)c1. The van der Waals surface area contributed by atoms with Crippen molar-refractivity contribution >= 4 is 17.5 Å². The van der Waals surface area contributed by atoms with Gasteiger partial charge >= 0.3 is 0 Å². The largest absolute Gasteiger partial charge is 0.493 e. The molecule has 152 valence electrons. The van der Waals surface area contributed by atoms with E-state index in [4.69, 9.17) is 10.5 Å². The van der Waals surface area contributed by atoms with Gasteiger partial charge in [-0.3, -0.25) is 9.59 Å². The van der Waals surface area contributed by atoms with Gasteiger partial charge in [0.1, 0.15) is 17.4 Å². The van der Waals surface area contributed by atoms with Gasteiger partial charge in [-0.25, -0.2) is 8.78 Å². The van der Waals surface area contributed by atoms with Crippen LogP contribution in [0, 0.1) is 11.6 Å². The zero-order valence-corrected chi connectivity index (χ0v) is 15.8. The number of amides is 2. The summed E-state index contributed by atoms with van der Waals surface area (Å²) in [5.41, 5.74) is 7.38. The van der Waals surface area contributed by atoms with Crippen LogP contribution >= 0.6 is 0 Å². The van der Waals surface area contributed by atoms with Gasteiger partial charge in [0.25, 0.3) is 5.91 Å². The molecule has 7 heteroatoms. The van der Waals surface area contributed by atoms with E-state index < -0.39 is 23.4 Å². The molecule has 3 aromatic carbocycles. The van der Waals surface area contributed by atoms with Crippen molar-refractivity contribution in [2.75, 3.05) is 11.9 Å². The second-order valence-corrected chi connectivity index (χ2v) is 7.00. The van der Waals surface area contributed by atoms with Crippen LogP contribution in [0.5, 0.6) is 5.75 Å². The third kappa shape index (κ3) is 3.87. The Hall–Kier alpha value is -3.74. The quantitative estimate of drug-likeness (QED) is 0.678. The summed E-state index contributed by atoms with van der Waals surface area (Å²) in [4.78, 5) is 24.4. The highest BCUT2D eigenvalue weighted by Crippen LogP contribution is 2.40. The van der Waals surface area contributed by atoms with Gasteiger partial charge in [0.2, 0.25) is 5.91 Å². The first kappa shape index (κ1) is 19.6. The lowest BCUT2D eigenvalue weighted by Gasteiger charge is -2.27. The number of anilines is 1. The number of nitrogens with two attached hydrogens (primary N) is 1. The van der Waals surface area contributed by atoms with Crippen LogP contribution < -0.4 is 15.8 Å². The highest BCUT2D eigenvalue weighted by atomic mass is 19.1. The van der Waals surface area contributed by atoms with Crippen molar-refractivity contribution in [3.63, 3.8) is 0 Å². The fraction of sp³-hybridized carbons (Fsp3) is 0.130. The summed E-state index contributed by atoms with van der Waals surface area (Å²) in [6, 6.07) is 14.5. The summed E-state index contributed by atoms with van der Waals surface area (Å²) in [5, 5.41) is 2.69. The lowest BCUT2D eigenvalue weighted by atomic mass is 9.84. The number of hydrogen-bond acceptors (Lipinski definition) is 3. The Kier molecular flexibility index (Phi) is 5.18. The van der Waals surface area contributed by atoms with E-state index in [0.717, 1.165) is 5.56 Å². The Morgan fingerprint density at radius 2 is 1.70 bits per heavy atom. The van der Waals surface area contributed by atoms with Gasteiger partial charge in [-0.05, 0) is 48.4 Å². The predicted molar refractivity (Wildman–Crippen MR) is 108 cm³/mol. The highest BCUT2D eigenvalue weighted by molar-refractivity contribution is 6.06. The van der Waals surface area contributed by atoms with Crippen LogP contribution in [-0.4, -0.2) is 18.4 Å². The van der Waals surface area contributed by atoms with E-state index in [1.807, 2.05) is 0 Å². The number of rotatable bonds is 4. The Morgan fingerprint density at radius 3 is 2.47 bits per heavy atom. The Labute approximate surface area is 171 Å². The van der Waals surface area contributed by atoms with Crippen molar-refractivity contribution in [3.8, 4) is 5.75 Å². The maximum Gasteiger partial charge on any atom is 0.256 e. The lowest BCUT2D eigenvalue weighted by Crippen LogP contribution is -2.21. The third-order valence-electron chi connectivity index (χ3n) is 5.06. The van der Waals surface area contributed by atoms with E-state index in [0.29, 0.717) is 30.0 Å². The van der Waals surface area contributed by atoms with Crippen molar-refractivity contribution in [3.05, 3.63) is 94.6 Å². The van der Waals surface area contributed by atoms with E-state index in [1.165, 1.54) is 36.4 Å². The van der Waals surface area contributed by atoms with Crippen LogP contribution in [0.2, 0.25) is 0 Å². The highest BCUT2D eigenvalue weighted by Gasteiger charge is 2.27. The van der Waals surface area contributed by atoms with E-state index >= 15 is 0 Å². The topological polar surface area (TPSA) is 81.4 Å². The van der Waals surface area contributed by atoms with E-state index in [9.17, 15) is 18.4 Å². The average molecular weight is 408 g/mol. The first-order valence-electron chi connectivity index (χ1n) is 9.35. The molecule has 1 atom stereocenters. The second kappa shape index (κ2) is 7.94. The predicted octanol–water partition coefficient (Wildman–Crippen LogP) is 4.23. The maximum absolute atomic E-state index is 14.0. The molecular formula is C23H18F2N2O3. The number of fused-ring (bicyclic) bond motifs is 1. The summed E-state index contributed by atoms with van der Waals surface area (Å²) in [6.45, 7) is 0.347. The van der Waals surface area contributed by atoms with Gasteiger partial charge in [0.05, 0.1) is 6.61 Å². The first-order valence-corrected chi connectivity index (χ1v) is 9.35. The molecule has 5 nitrogen and oxygen atoms in total. The van der Waals surface area contributed by atoms with Crippen molar-refractivity contribution in [1.82, 2.24) is 0 Å². The van der Waals surface area contributed by atoms with Gasteiger partial charge in [0, 0.05) is 34.4 Å². The summed E-state index contributed by atoms with van der Waals surface area (Å²) >= 11 is 0. The number of halogens is 2. The van der Waals surface area contributed by atoms with E-state index in [-0.39, 0.29) is 17.0 Å². The van der Waals surface area contributed by atoms with Crippen LogP contribution in [0.1, 0.15) is 44.2 Å². The van der Waals surface area contributed by atoms with E-state index in [1.54, 1.807) is 24.3 Å². The Bertz CT molecular complexity index is 1150. The summed E-state index contributed by atoms with van der Waals surface area (Å²) in [5.74, 6) is -1.96. The molecule has 0 aliphatic carbocycles. The smallest absolute Gasteiger partial charge is 0.256 e. The minimum atomic E-state index is -0.622. The molecule has 0 aromatic heterocycles. The molecule has 0 spiro atoms. The second-order valence-electron chi connectivity index (χ2n) is 7.00. The molecule has 0 bridgehead atoms. The van der Waals surface area contributed by atoms with Crippen molar-refractivity contribution < 1.29 is 23.1 Å². The zero-order valence-electron chi connectivity index (χ0n) is 15.8. The van der Waals surface area contributed by atoms with Crippen molar-refractivity contribution in [2.24, 2.45) is 5.73 Å². The van der Waals surface area contributed by atoms with Gasteiger partial charge in [-0.1, -0.05) is 18.2 Å². The number of hydrogen-bond donors (Lipinski definition) is 2. The van der Waals surface area contributed by atoms with Gasteiger partial charge in [0.15, 0.2) is 0 Å². The van der Waals surface area contributed by atoms with Crippen molar-refractivity contribution in [2.45, 2.75) is 12.3 Å². The first-order chi connectivity index (χ1) is 14.4. The van der Waals surface area contributed by atoms with E-state index in [2.05, 4.69) is 5.32 Å². The standard InChI is InChI=1S/C23H18F2N2O3/c24-14-4-6-17(18-8-9-30-21-12-15(25)5-7-19(18)21)20(11-14)23(29)27-16-3-1-2-13(10-16)22(26)28/h1-7,10-12,18H,8-9H2,(H2,26,28)(H,27,29). The monoisotopic (exact) mass is 408 g/mol. The molecule has 4 rings (SSSR count). The number of primary amides is 1. The number of benzene rings is 3. The van der Waals surface area contributed by atoms with Crippen LogP contribution in [0.25, 0.3) is 0 Å². The molecule has 1 heterocycles. The summed E-state index contributed by atoms with van der Waals surface area (Å²) in [6.07, 6.45) is 0.557. The molecular weight excluding hydrogens is 390 g/mol. The molecule has 3 N–H and O–H groups in total. The Morgan fingerprint density at radius 1 is 0.967 bits per heavy atom. The lowest BCUT2D eigenvalue weighted by molar-refractivity contribution is 0.0996. The van der Waals surface area contributed by atoms with Gasteiger partial charge in [-0.2, -0.15) is 0 Å². The molecule has 2 amide bonds. The molecule has 0 fully saturated rings. The van der Waals surface area contributed by atoms with Gasteiger partial charge in [-0.15, -0.1) is 0 Å². The molecule has 0 saturated carbocycles. The number of nitrogens with one attached hydrogen (secondary N) is 1. The Balaban J connectivity index is 1.71. The molecule has 1 aliphatic rings. The van der Waals surface area contributed by atoms with Crippen LogP contribution in [0.4, 0.5) is 14.5 Å². The number of ether oxygens (including phenoxy) is 1. The molecule has 30 heavy (non-hydrogen) atoms.